The lowest BCUT2D eigenvalue weighted by Gasteiger charge is -2.26. The van der Waals surface area contributed by atoms with Crippen LogP contribution in [-0.2, 0) is 11.3 Å². The molecule has 0 amide bonds. The van der Waals surface area contributed by atoms with E-state index in [1.54, 1.807) is 29.6 Å². The first-order valence-corrected chi connectivity index (χ1v) is 10.3. The fourth-order valence-electron chi connectivity index (χ4n) is 2.63. The average Bonchev–Trinajstić information content (AvgIpc) is 2.62. The fourth-order valence-corrected chi connectivity index (χ4v) is 3.98. The molecule has 1 aliphatic rings. The standard InChI is InChI=1S/C17H23N5OS2/c1-12(25-17-20-15(18)10-16(21-17)24-2)14-9-13(3-4-19-14)11-22-5-7-23-8-6-22/h3-4,9-10,12H,5-8,11H2,1-2H3,(H2,18,20,21). The molecule has 1 saturated heterocycles. The van der Waals surface area contributed by atoms with Gasteiger partial charge in [0.15, 0.2) is 5.16 Å². The molecule has 2 aromatic heterocycles. The molecule has 6 nitrogen and oxygen atoms in total. The number of nitrogen functional groups attached to an aromatic ring is 1. The molecule has 1 unspecified atom stereocenters. The van der Waals surface area contributed by atoms with Crippen LogP contribution in [-0.4, -0.2) is 52.4 Å². The molecule has 1 aliphatic heterocycles. The number of rotatable bonds is 6. The third-order valence-electron chi connectivity index (χ3n) is 3.97. The van der Waals surface area contributed by atoms with E-state index in [0.717, 1.165) is 43.6 Å². The normalized spacial score (nSPS) is 16.7. The maximum Gasteiger partial charge on any atom is 0.191 e. The van der Waals surface area contributed by atoms with Gasteiger partial charge in [-0.25, -0.2) is 9.97 Å². The predicted octanol–water partition coefficient (Wildman–Crippen LogP) is 2.86. The molecule has 1 atom stereocenters. The Bertz CT molecular complexity index is 709. The van der Waals surface area contributed by atoms with Gasteiger partial charge in [0.25, 0.3) is 0 Å². The molecule has 3 rings (SSSR count). The minimum atomic E-state index is 0.154. The van der Waals surface area contributed by atoms with Gasteiger partial charge in [-0.05, 0) is 30.9 Å². The van der Waals surface area contributed by atoms with Crippen LogP contribution in [0.5, 0.6) is 0 Å². The number of hydrogen-bond donors (Lipinski definition) is 1. The first kappa shape index (κ1) is 18.4. The quantitative estimate of drug-likeness (QED) is 0.468. The molecule has 2 N–H and O–H groups in total. The van der Waals surface area contributed by atoms with Crippen molar-refractivity contribution in [3.63, 3.8) is 0 Å². The van der Waals surface area contributed by atoms with Gasteiger partial charge in [-0.2, -0.15) is 0 Å². The molecule has 3 heterocycles. The zero-order chi connectivity index (χ0) is 17.6. The molecule has 25 heavy (non-hydrogen) atoms. The van der Waals surface area contributed by atoms with Crippen molar-refractivity contribution in [2.75, 3.05) is 38.3 Å². The number of aromatic nitrogens is 3. The zero-order valence-corrected chi connectivity index (χ0v) is 16.1. The number of nitrogens with two attached hydrogens (primary N) is 1. The highest BCUT2D eigenvalue weighted by Crippen LogP contribution is 2.33. The molecule has 0 spiro atoms. The number of pyridine rings is 1. The summed E-state index contributed by atoms with van der Waals surface area (Å²) >= 11 is 3.15. The Balaban J connectivity index is 1.68. The molecule has 0 saturated carbocycles. The van der Waals surface area contributed by atoms with Crippen molar-refractivity contribution in [1.29, 1.82) is 0 Å². The van der Waals surface area contributed by atoms with Gasteiger partial charge in [-0.1, -0.05) is 11.8 Å². The predicted molar refractivity (Wildman–Crippen MR) is 103 cm³/mol. The highest BCUT2D eigenvalue weighted by molar-refractivity contribution is 7.99. The van der Waals surface area contributed by atoms with Gasteiger partial charge in [0, 0.05) is 31.9 Å². The zero-order valence-electron chi connectivity index (χ0n) is 14.5. The van der Waals surface area contributed by atoms with Crippen LogP contribution in [0.2, 0.25) is 0 Å². The van der Waals surface area contributed by atoms with Crippen LogP contribution < -0.4 is 5.73 Å². The average molecular weight is 378 g/mol. The number of ether oxygens (including phenoxy) is 1. The Kier molecular flexibility index (Phi) is 6.52. The van der Waals surface area contributed by atoms with E-state index < -0.39 is 0 Å². The summed E-state index contributed by atoms with van der Waals surface area (Å²) in [4.78, 5) is 15.8. The number of anilines is 1. The summed E-state index contributed by atoms with van der Waals surface area (Å²) in [6.45, 7) is 6.65. The molecule has 0 radical (unpaired) electrons. The molecule has 0 aromatic carbocycles. The molecule has 8 heteroatoms. The van der Waals surface area contributed by atoms with Crippen LogP contribution in [0.1, 0.15) is 23.4 Å². The van der Waals surface area contributed by atoms with E-state index in [0.29, 0.717) is 11.0 Å². The number of hydrogen-bond acceptors (Lipinski definition) is 8. The summed E-state index contributed by atoms with van der Waals surface area (Å²) in [6.07, 6.45) is 3.87. The SMILES string of the molecule is CSc1cc(N)nc(SC(C)c2cc(CN3CCOCC3)ccn2)n1. The highest BCUT2D eigenvalue weighted by Gasteiger charge is 2.15. The van der Waals surface area contributed by atoms with Crippen molar-refractivity contribution in [3.8, 4) is 0 Å². The van der Waals surface area contributed by atoms with E-state index in [1.165, 1.54) is 5.56 Å². The lowest BCUT2D eigenvalue weighted by molar-refractivity contribution is 0.0342. The Hall–Kier alpha value is -1.35. The third kappa shape index (κ3) is 5.31. The number of thioether (sulfide) groups is 2. The van der Waals surface area contributed by atoms with Crippen molar-refractivity contribution in [3.05, 3.63) is 35.7 Å². The summed E-state index contributed by atoms with van der Waals surface area (Å²) < 4.78 is 5.41. The van der Waals surface area contributed by atoms with E-state index in [2.05, 4.69) is 38.9 Å². The first-order valence-electron chi connectivity index (χ1n) is 8.24. The van der Waals surface area contributed by atoms with Crippen molar-refractivity contribution in [1.82, 2.24) is 19.9 Å². The van der Waals surface area contributed by atoms with Gasteiger partial charge < -0.3 is 10.5 Å². The summed E-state index contributed by atoms with van der Waals surface area (Å²) in [6, 6.07) is 6.05. The Morgan fingerprint density at radius 2 is 2.08 bits per heavy atom. The maximum atomic E-state index is 5.87. The molecule has 1 fully saturated rings. The summed E-state index contributed by atoms with van der Waals surface area (Å²) in [7, 11) is 0. The van der Waals surface area contributed by atoms with E-state index in [1.807, 2.05) is 12.5 Å². The summed E-state index contributed by atoms with van der Waals surface area (Å²) in [5, 5.41) is 1.73. The van der Waals surface area contributed by atoms with Crippen LogP contribution in [0.3, 0.4) is 0 Å². The van der Waals surface area contributed by atoms with Crippen molar-refractivity contribution in [2.24, 2.45) is 0 Å². The fraction of sp³-hybridized carbons (Fsp3) is 0.471. The molecule has 134 valence electrons. The number of nitrogens with zero attached hydrogens (tertiary/aromatic N) is 4. The summed E-state index contributed by atoms with van der Waals surface area (Å²) in [5.41, 5.74) is 8.18. The van der Waals surface area contributed by atoms with Crippen LogP contribution in [0, 0.1) is 0 Å². The van der Waals surface area contributed by atoms with Crippen LogP contribution >= 0.6 is 23.5 Å². The lowest BCUT2D eigenvalue weighted by atomic mass is 10.2. The Morgan fingerprint density at radius 1 is 1.28 bits per heavy atom. The molecule has 0 aliphatic carbocycles. The molecule has 0 bridgehead atoms. The molecular formula is C17H23N5OS2. The van der Waals surface area contributed by atoms with Gasteiger partial charge in [0.1, 0.15) is 10.8 Å². The van der Waals surface area contributed by atoms with Crippen molar-refractivity contribution >= 4 is 29.3 Å². The Labute approximate surface area is 157 Å². The van der Waals surface area contributed by atoms with E-state index >= 15 is 0 Å². The second kappa shape index (κ2) is 8.84. The van der Waals surface area contributed by atoms with Gasteiger partial charge in [0.2, 0.25) is 0 Å². The largest absolute Gasteiger partial charge is 0.384 e. The number of morpholine rings is 1. The van der Waals surface area contributed by atoms with Crippen LogP contribution in [0.4, 0.5) is 5.82 Å². The van der Waals surface area contributed by atoms with Crippen LogP contribution in [0.15, 0.2) is 34.6 Å². The highest BCUT2D eigenvalue weighted by atomic mass is 32.2. The molecular weight excluding hydrogens is 354 g/mol. The topological polar surface area (TPSA) is 77.2 Å². The second-order valence-electron chi connectivity index (χ2n) is 5.86. The second-order valence-corrected chi connectivity index (χ2v) is 7.99. The maximum absolute atomic E-state index is 5.87. The van der Waals surface area contributed by atoms with Gasteiger partial charge >= 0.3 is 0 Å². The monoisotopic (exact) mass is 377 g/mol. The van der Waals surface area contributed by atoms with Gasteiger partial charge in [-0.3, -0.25) is 9.88 Å². The third-order valence-corrected chi connectivity index (χ3v) is 5.58. The smallest absolute Gasteiger partial charge is 0.191 e. The summed E-state index contributed by atoms with van der Waals surface area (Å²) in [5.74, 6) is 0.503. The van der Waals surface area contributed by atoms with E-state index in [4.69, 9.17) is 10.5 Å². The van der Waals surface area contributed by atoms with E-state index in [9.17, 15) is 0 Å². The lowest BCUT2D eigenvalue weighted by Crippen LogP contribution is -2.35. The van der Waals surface area contributed by atoms with Gasteiger partial charge in [-0.15, -0.1) is 11.8 Å². The Morgan fingerprint density at radius 3 is 2.84 bits per heavy atom. The first-order chi connectivity index (χ1) is 12.1. The van der Waals surface area contributed by atoms with Gasteiger partial charge in [0.05, 0.1) is 24.2 Å². The molecule has 2 aromatic rings. The minimum Gasteiger partial charge on any atom is -0.384 e. The van der Waals surface area contributed by atoms with Crippen molar-refractivity contribution < 1.29 is 4.74 Å². The van der Waals surface area contributed by atoms with Crippen molar-refractivity contribution in [2.45, 2.75) is 28.9 Å². The minimum absolute atomic E-state index is 0.154. The van der Waals surface area contributed by atoms with Crippen LogP contribution in [0.25, 0.3) is 0 Å². The van der Waals surface area contributed by atoms with E-state index in [-0.39, 0.29) is 5.25 Å².